The first-order valence-electron chi connectivity index (χ1n) is 7.58. The quantitative estimate of drug-likeness (QED) is 0.870. The summed E-state index contributed by atoms with van der Waals surface area (Å²) < 4.78 is 0. The summed E-state index contributed by atoms with van der Waals surface area (Å²) in [6.07, 6.45) is 8.16. The SMILES string of the molecule is CCC1(CNC(=O)c2ccc3cc[nH]c3c2)CCCC1. The summed E-state index contributed by atoms with van der Waals surface area (Å²) in [6, 6.07) is 7.84. The minimum absolute atomic E-state index is 0.0428. The molecule has 1 fully saturated rings. The van der Waals surface area contributed by atoms with Crippen molar-refractivity contribution in [1.82, 2.24) is 10.3 Å². The number of fused-ring (bicyclic) bond motifs is 1. The van der Waals surface area contributed by atoms with Crippen LogP contribution < -0.4 is 5.32 Å². The highest BCUT2D eigenvalue weighted by Gasteiger charge is 2.32. The van der Waals surface area contributed by atoms with Gasteiger partial charge in [0, 0.05) is 23.8 Å². The molecule has 1 aromatic carbocycles. The molecule has 1 aliphatic rings. The highest BCUT2D eigenvalue weighted by atomic mass is 16.1. The Balaban J connectivity index is 1.69. The minimum atomic E-state index is 0.0428. The number of benzene rings is 1. The fourth-order valence-corrected chi connectivity index (χ4v) is 3.34. The van der Waals surface area contributed by atoms with Gasteiger partial charge in [-0.1, -0.05) is 25.8 Å². The molecule has 106 valence electrons. The van der Waals surface area contributed by atoms with Gasteiger partial charge in [0.15, 0.2) is 0 Å². The Bertz CT molecular complexity index is 608. The van der Waals surface area contributed by atoms with E-state index in [-0.39, 0.29) is 5.91 Å². The molecule has 3 heteroatoms. The molecule has 0 spiro atoms. The average Bonchev–Trinajstić information content (AvgIpc) is 3.13. The number of rotatable bonds is 4. The van der Waals surface area contributed by atoms with E-state index < -0.39 is 0 Å². The maximum Gasteiger partial charge on any atom is 0.251 e. The van der Waals surface area contributed by atoms with Crippen molar-refractivity contribution in [3.05, 3.63) is 36.0 Å². The first-order valence-corrected chi connectivity index (χ1v) is 7.58. The van der Waals surface area contributed by atoms with Gasteiger partial charge in [-0.25, -0.2) is 0 Å². The molecule has 20 heavy (non-hydrogen) atoms. The average molecular weight is 270 g/mol. The predicted octanol–water partition coefficient (Wildman–Crippen LogP) is 3.87. The zero-order valence-corrected chi connectivity index (χ0v) is 12.0. The molecule has 3 nitrogen and oxygen atoms in total. The van der Waals surface area contributed by atoms with Crippen LogP contribution in [-0.2, 0) is 0 Å². The molecule has 1 amide bonds. The molecule has 1 aliphatic carbocycles. The highest BCUT2D eigenvalue weighted by Crippen LogP contribution is 2.40. The summed E-state index contributed by atoms with van der Waals surface area (Å²) in [7, 11) is 0. The molecule has 1 aromatic heterocycles. The third-order valence-electron chi connectivity index (χ3n) is 4.86. The van der Waals surface area contributed by atoms with Crippen LogP contribution in [0, 0.1) is 5.41 Å². The van der Waals surface area contributed by atoms with E-state index in [0.29, 0.717) is 5.41 Å². The zero-order chi connectivity index (χ0) is 14.0. The number of carbonyl (C=O) groups is 1. The van der Waals surface area contributed by atoms with Crippen LogP contribution in [0.4, 0.5) is 0 Å². The number of nitrogens with one attached hydrogen (secondary N) is 2. The van der Waals surface area contributed by atoms with E-state index in [2.05, 4.69) is 17.2 Å². The van der Waals surface area contributed by atoms with Crippen LogP contribution in [-0.4, -0.2) is 17.4 Å². The molecule has 0 aliphatic heterocycles. The molecule has 0 unspecified atom stereocenters. The van der Waals surface area contributed by atoms with Gasteiger partial charge in [0.1, 0.15) is 0 Å². The van der Waals surface area contributed by atoms with Gasteiger partial charge < -0.3 is 10.3 Å². The summed E-state index contributed by atoms with van der Waals surface area (Å²) in [4.78, 5) is 15.5. The van der Waals surface area contributed by atoms with Crippen molar-refractivity contribution < 1.29 is 4.79 Å². The Hall–Kier alpha value is -1.77. The maximum atomic E-state index is 12.3. The molecule has 2 aromatic rings. The molecule has 3 rings (SSSR count). The van der Waals surface area contributed by atoms with Crippen molar-refractivity contribution in [2.45, 2.75) is 39.0 Å². The topological polar surface area (TPSA) is 44.9 Å². The van der Waals surface area contributed by atoms with Crippen LogP contribution in [0.5, 0.6) is 0 Å². The van der Waals surface area contributed by atoms with Crippen LogP contribution in [0.25, 0.3) is 10.9 Å². The number of aromatic amines is 1. The van der Waals surface area contributed by atoms with Gasteiger partial charge in [-0.2, -0.15) is 0 Å². The van der Waals surface area contributed by atoms with Crippen molar-refractivity contribution in [2.75, 3.05) is 6.54 Å². The van der Waals surface area contributed by atoms with Gasteiger partial charge in [-0.15, -0.1) is 0 Å². The molecule has 1 heterocycles. The predicted molar refractivity (Wildman–Crippen MR) is 81.8 cm³/mol. The number of hydrogen-bond acceptors (Lipinski definition) is 1. The lowest BCUT2D eigenvalue weighted by Gasteiger charge is -2.27. The summed E-state index contributed by atoms with van der Waals surface area (Å²) >= 11 is 0. The lowest BCUT2D eigenvalue weighted by Crippen LogP contribution is -2.35. The van der Waals surface area contributed by atoms with Gasteiger partial charge in [-0.3, -0.25) is 4.79 Å². The largest absolute Gasteiger partial charge is 0.361 e. The van der Waals surface area contributed by atoms with E-state index >= 15 is 0 Å². The third kappa shape index (κ3) is 2.45. The first kappa shape index (κ1) is 13.2. The Morgan fingerprint density at radius 1 is 1.30 bits per heavy atom. The first-order chi connectivity index (χ1) is 9.72. The summed E-state index contributed by atoms with van der Waals surface area (Å²) in [5.41, 5.74) is 2.10. The lowest BCUT2D eigenvalue weighted by atomic mass is 9.83. The zero-order valence-electron chi connectivity index (χ0n) is 12.0. The second-order valence-electron chi connectivity index (χ2n) is 6.02. The minimum Gasteiger partial charge on any atom is -0.361 e. The fourth-order valence-electron chi connectivity index (χ4n) is 3.34. The van der Waals surface area contributed by atoms with Gasteiger partial charge in [0.05, 0.1) is 0 Å². The molecule has 0 atom stereocenters. The maximum absolute atomic E-state index is 12.3. The van der Waals surface area contributed by atoms with Crippen LogP contribution in [0.2, 0.25) is 0 Å². The van der Waals surface area contributed by atoms with Crippen LogP contribution in [0.15, 0.2) is 30.5 Å². The Kier molecular flexibility index (Phi) is 3.51. The second-order valence-corrected chi connectivity index (χ2v) is 6.02. The van der Waals surface area contributed by atoms with Crippen molar-refractivity contribution in [1.29, 1.82) is 0 Å². The van der Waals surface area contributed by atoms with Gasteiger partial charge in [0.25, 0.3) is 5.91 Å². The molecule has 1 saturated carbocycles. The molecule has 0 radical (unpaired) electrons. The normalized spacial score (nSPS) is 17.4. The van der Waals surface area contributed by atoms with Crippen molar-refractivity contribution in [3.63, 3.8) is 0 Å². The second kappa shape index (κ2) is 5.31. The van der Waals surface area contributed by atoms with E-state index in [0.717, 1.165) is 29.4 Å². The summed E-state index contributed by atoms with van der Waals surface area (Å²) in [5.74, 6) is 0.0428. The molecular formula is C17H22N2O. The number of amides is 1. The third-order valence-corrected chi connectivity index (χ3v) is 4.86. The van der Waals surface area contributed by atoms with Crippen LogP contribution >= 0.6 is 0 Å². The molecule has 0 saturated heterocycles. The lowest BCUT2D eigenvalue weighted by molar-refractivity contribution is 0.0929. The van der Waals surface area contributed by atoms with E-state index in [1.54, 1.807) is 0 Å². The summed E-state index contributed by atoms with van der Waals surface area (Å²) in [5, 5.41) is 4.28. The fraction of sp³-hybridized carbons (Fsp3) is 0.471. The standard InChI is InChI=1S/C17H22N2O/c1-2-17(8-3-4-9-17)12-19-16(20)14-6-5-13-7-10-18-15(13)11-14/h5-7,10-11,18H,2-4,8-9,12H2,1H3,(H,19,20). The summed E-state index contributed by atoms with van der Waals surface area (Å²) in [6.45, 7) is 3.05. The smallest absolute Gasteiger partial charge is 0.251 e. The van der Waals surface area contributed by atoms with E-state index in [9.17, 15) is 4.79 Å². The van der Waals surface area contributed by atoms with Crippen molar-refractivity contribution >= 4 is 16.8 Å². The van der Waals surface area contributed by atoms with Gasteiger partial charge in [-0.05, 0) is 48.3 Å². The van der Waals surface area contributed by atoms with Gasteiger partial charge >= 0.3 is 0 Å². The van der Waals surface area contributed by atoms with E-state index in [1.807, 2.05) is 30.5 Å². The van der Waals surface area contributed by atoms with Crippen molar-refractivity contribution in [3.8, 4) is 0 Å². The Labute approximate surface area is 119 Å². The van der Waals surface area contributed by atoms with Gasteiger partial charge in [0.2, 0.25) is 0 Å². The number of hydrogen-bond donors (Lipinski definition) is 2. The van der Waals surface area contributed by atoms with E-state index in [1.165, 1.54) is 25.7 Å². The number of aromatic nitrogens is 1. The number of H-pyrrole nitrogens is 1. The van der Waals surface area contributed by atoms with Crippen LogP contribution in [0.3, 0.4) is 0 Å². The van der Waals surface area contributed by atoms with Crippen molar-refractivity contribution in [2.24, 2.45) is 5.41 Å². The number of carbonyl (C=O) groups excluding carboxylic acids is 1. The van der Waals surface area contributed by atoms with Crippen LogP contribution in [0.1, 0.15) is 49.4 Å². The molecule has 0 bridgehead atoms. The Morgan fingerprint density at radius 2 is 2.10 bits per heavy atom. The highest BCUT2D eigenvalue weighted by molar-refractivity contribution is 5.97. The molecular weight excluding hydrogens is 248 g/mol. The van der Waals surface area contributed by atoms with E-state index in [4.69, 9.17) is 0 Å². The molecule has 2 N–H and O–H groups in total. The monoisotopic (exact) mass is 270 g/mol. The Morgan fingerprint density at radius 3 is 2.85 bits per heavy atom.